The molecule has 13 heavy (non-hydrogen) atoms. The van der Waals surface area contributed by atoms with Gasteiger partial charge in [0.2, 0.25) is 0 Å². The van der Waals surface area contributed by atoms with Crippen LogP contribution in [0, 0.1) is 18.8 Å². The van der Waals surface area contributed by atoms with Crippen molar-refractivity contribution in [3.63, 3.8) is 0 Å². The molecule has 0 aromatic heterocycles. The third-order valence-corrected chi connectivity index (χ3v) is 1.51. The van der Waals surface area contributed by atoms with E-state index in [1.807, 2.05) is 0 Å². The summed E-state index contributed by atoms with van der Waals surface area (Å²) in [6.07, 6.45) is 7.85. The van der Waals surface area contributed by atoms with Crippen molar-refractivity contribution in [3.05, 3.63) is 6.92 Å². The molecule has 0 atom stereocenters. The van der Waals surface area contributed by atoms with Crippen molar-refractivity contribution in [2.24, 2.45) is 5.16 Å². The summed E-state index contributed by atoms with van der Waals surface area (Å²) >= 11 is 0. The van der Waals surface area contributed by atoms with Gasteiger partial charge in [0.15, 0.2) is 0 Å². The van der Waals surface area contributed by atoms with Crippen LogP contribution in [-0.2, 0) is 4.84 Å². The quantitative estimate of drug-likeness (QED) is 0.266. The fraction of sp³-hybridized carbons (Fsp3) is 0.636. The Bertz CT molecular complexity index is 176. The standard InChI is InChI=1S/C11H18NO/c1-3-4-5-6-7-8-9-10-11-12-13-2/h11H,1,3-6,9-10H2,2H3/b12-11-. The van der Waals surface area contributed by atoms with Gasteiger partial charge >= 0.3 is 0 Å². The van der Waals surface area contributed by atoms with E-state index in [1.54, 1.807) is 13.3 Å². The summed E-state index contributed by atoms with van der Waals surface area (Å²) in [6, 6.07) is 0. The molecular formula is C11H18NO. The van der Waals surface area contributed by atoms with Crippen molar-refractivity contribution in [2.45, 2.75) is 38.5 Å². The first-order valence-electron chi connectivity index (χ1n) is 4.71. The smallest absolute Gasteiger partial charge is 0.106 e. The second kappa shape index (κ2) is 11.0. The molecular weight excluding hydrogens is 162 g/mol. The van der Waals surface area contributed by atoms with E-state index in [-0.39, 0.29) is 0 Å². The van der Waals surface area contributed by atoms with Crippen LogP contribution in [0.5, 0.6) is 0 Å². The lowest BCUT2D eigenvalue weighted by molar-refractivity contribution is 0.214. The number of oxime groups is 1. The van der Waals surface area contributed by atoms with Crippen LogP contribution in [0.25, 0.3) is 0 Å². The number of hydrogen-bond acceptors (Lipinski definition) is 2. The third kappa shape index (κ3) is 11.0. The fourth-order valence-electron chi connectivity index (χ4n) is 0.831. The minimum Gasteiger partial charge on any atom is -0.399 e. The first-order valence-corrected chi connectivity index (χ1v) is 4.71. The number of nitrogens with zero attached hydrogens (tertiary/aromatic N) is 1. The van der Waals surface area contributed by atoms with Gasteiger partial charge in [-0.25, -0.2) is 0 Å². The largest absolute Gasteiger partial charge is 0.399 e. The summed E-state index contributed by atoms with van der Waals surface area (Å²) in [7, 11) is 1.54. The van der Waals surface area contributed by atoms with Crippen molar-refractivity contribution < 1.29 is 4.84 Å². The van der Waals surface area contributed by atoms with Gasteiger partial charge in [0.1, 0.15) is 7.11 Å². The van der Waals surface area contributed by atoms with Crippen molar-refractivity contribution in [3.8, 4) is 11.8 Å². The highest BCUT2D eigenvalue weighted by molar-refractivity contribution is 5.56. The Morgan fingerprint density at radius 3 is 2.77 bits per heavy atom. The zero-order valence-corrected chi connectivity index (χ0v) is 8.38. The maximum Gasteiger partial charge on any atom is 0.106 e. The minimum atomic E-state index is 0.871. The maximum absolute atomic E-state index is 4.52. The molecule has 0 rings (SSSR count). The fourth-order valence-corrected chi connectivity index (χ4v) is 0.831. The lowest BCUT2D eigenvalue weighted by atomic mass is 10.2. The van der Waals surface area contributed by atoms with E-state index in [0.717, 1.165) is 25.7 Å². The molecule has 2 nitrogen and oxygen atoms in total. The lowest BCUT2D eigenvalue weighted by Gasteiger charge is -1.88. The summed E-state index contributed by atoms with van der Waals surface area (Å²) < 4.78 is 0. The van der Waals surface area contributed by atoms with Crippen LogP contribution < -0.4 is 0 Å². The van der Waals surface area contributed by atoms with Crippen molar-refractivity contribution in [1.82, 2.24) is 0 Å². The third-order valence-electron chi connectivity index (χ3n) is 1.51. The van der Waals surface area contributed by atoms with Gasteiger partial charge in [0.25, 0.3) is 0 Å². The maximum atomic E-state index is 4.52. The molecule has 0 spiro atoms. The summed E-state index contributed by atoms with van der Waals surface area (Å²) in [5.74, 6) is 6.20. The van der Waals surface area contributed by atoms with E-state index in [2.05, 4.69) is 28.8 Å². The molecule has 0 aliphatic carbocycles. The zero-order chi connectivity index (χ0) is 9.78. The molecule has 0 heterocycles. The topological polar surface area (TPSA) is 21.6 Å². The Morgan fingerprint density at radius 2 is 2.08 bits per heavy atom. The van der Waals surface area contributed by atoms with Gasteiger partial charge in [0, 0.05) is 19.1 Å². The van der Waals surface area contributed by atoms with E-state index in [9.17, 15) is 0 Å². The highest BCUT2D eigenvalue weighted by Crippen LogP contribution is 1.96. The van der Waals surface area contributed by atoms with Crippen molar-refractivity contribution in [1.29, 1.82) is 0 Å². The molecule has 0 amide bonds. The molecule has 0 aliphatic heterocycles. The second-order valence-corrected chi connectivity index (χ2v) is 2.67. The van der Waals surface area contributed by atoms with E-state index < -0.39 is 0 Å². The minimum absolute atomic E-state index is 0.871. The second-order valence-electron chi connectivity index (χ2n) is 2.67. The first kappa shape index (κ1) is 12.0. The van der Waals surface area contributed by atoms with Crippen LogP contribution in [0.2, 0.25) is 0 Å². The summed E-state index contributed by atoms with van der Waals surface area (Å²) in [5.41, 5.74) is 0. The monoisotopic (exact) mass is 180 g/mol. The van der Waals surface area contributed by atoms with Gasteiger partial charge in [-0.05, 0) is 12.8 Å². The van der Waals surface area contributed by atoms with E-state index in [4.69, 9.17) is 0 Å². The van der Waals surface area contributed by atoms with E-state index in [1.165, 1.54) is 12.8 Å². The zero-order valence-electron chi connectivity index (χ0n) is 8.38. The summed E-state index contributed by atoms with van der Waals surface area (Å²) in [5, 5.41) is 3.62. The first-order chi connectivity index (χ1) is 6.41. The Labute approximate surface area is 81.4 Å². The SMILES string of the molecule is [CH2]CCCCC#CCC/C=N\OC. The predicted molar refractivity (Wildman–Crippen MR) is 56.3 cm³/mol. The normalized spacial score (nSPS) is 9.69. The Kier molecular flexibility index (Phi) is 10.2. The number of hydrogen-bond donors (Lipinski definition) is 0. The van der Waals surface area contributed by atoms with E-state index in [0.29, 0.717) is 0 Å². The molecule has 1 radical (unpaired) electrons. The highest BCUT2D eigenvalue weighted by atomic mass is 16.6. The Hall–Kier alpha value is -0.970. The molecule has 2 heteroatoms. The molecule has 0 bridgehead atoms. The van der Waals surface area contributed by atoms with Gasteiger partial charge < -0.3 is 4.84 Å². The molecule has 0 saturated carbocycles. The summed E-state index contributed by atoms with van der Waals surface area (Å²) in [4.78, 5) is 4.52. The van der Waals surface area contributed by atoms with Gasteiger partial charge in [-0.15, -0.1) is 11.8 Å². The van der Waals surface area contributed by atoms with Crippen LogP contribution in [0.3, 0.4) is 0 Å². The van der Waals surface area contributed by atoms with E-state index >= 15 is 0 Å². The van der Waals surface area contributed by atoms with Gasteiger partial charge in [-0.2, -0.15) is 0 Å². The molecule has 0 saturated heterocycles. The van der Waals surface area contributed by atoms with Crippen LogP contribution in [0.4, 0.5) is 0 Å². The molecule has 0 fully saturated rings. The summed E-state index contributed by atoms with van der Waals surface area (Å²) in [6.45, 7) is 3.77. The Balaban J connectivity index is 3.15. The van der Waals surface area contributed by atoms with Gasteiger partial charge in [-0.3, -0.25) is 0 Å². The lowest BCUT2D eigenvalue weighted by Crippen LogP contribution is -1.76. The average Bonchev–Trinajstić information content (AvgIpc) is 2.16. The van der Waals surface area contributed by atoms with Crippen LogP contribution in [-0.4, -0.2) is 13.3 Å². The van der Waals surface area contributed by atoms with Crippen LogP contribution in [0.1, 0.15) is 38.5 Å². The average molecular weight is 180 g/mol. The number of unbranched alkanes of at least 4 members (excludes halogenated alkanes) is 4. The van der Waals surface area contributed by atoms with Crippen LogP contribution >= 0.6 is 0 Å². The number of rotatable bonds is 6. The molecule has 0 aromatic rings. The van der Waals surface area contributed by atoms with Gasteiger partial charge in [0.05, 0.1) is 0 Å². The Morgan fingerprint density at radius 1 is 1.31 bits per heavy atom. The molecule has 73 valence electrons. The van der Waals surface area contributed by atoms with Crippen molar-refractivity contribution in [2.75, 3.05) is 7.11 Å². The van der Waals surface area contributed by atoms with Gasteiger partial charge in [-0.1, -0.05) is 24.9 Å². The molecule has 0 aliphatic rings. The molecule has 0 aromatic carbocycles. The van der Waals surface area contributed by atoms with Crippen LogP contribution in [0.15, 0.2) is 5.16 Å². The predicted octanol–water partition coefficient (Wildman–Crippen LogP) is 2.80. The molecule has 0 N–H and O–H groups in total. The highest BCUT2D eigenvalue weighted by Gasteiger charge is 1.80. The molecule has 0 unspecified atom stereocenters. The van der Waals surface area contributed by atoms with Crippen molar-refractivity contribution >= 4 is 6.21 Å².